The summed E-state index contributed by atoms with van der Waals surface area (Å²) in [5.41, 5.74) is 1.10. The molecule has 2 aliphatic carbocycles. The molecule has 0 bridgehead atoms. The van der Waals surface area contributed by atoms with E-state index in [0.717, 1.165) is 34.6 Å². The summed E-state index contributed by atoms with van der Waals surface area (Å²) in [6.45, 7) is 9.86. The molecule has 20 heavy (non-hydrogen) atoms. The highest BCUT2D eigenvalue weighted by Crippen LogP contribution is 2.40. The van der Waals surface area contributed by atoms with Crippen LogP contribution in [0.2, 0.25) is 0 Å². The first-order valence-electron chi connectivity index (χ1n) is 7.65. The van der Waals surface area contributed by atoms with Crippen molar-refractivity contribution < 1.29 is 4.79 Å². The maximum atomic E-state index is 12.3. The first-order chi connectivity index (χ1) is 9.35. The minimum Gasteiger partial charge on any atom is -0.345 e. The Morgan fingerprint density at radius 2 is 2.05 bits per heavy atom. The quantitative estimate of drug-likeness (QED) is 0.843. The van der Waals surface area contributed by atoms with Gasteiger partial charge in [-0.05, 0) is 44.4 Å². The van der Waals surface area contributed by atoms with Crippen molar-refractivity contribution in [2.24, 2.45) is 11.3 Å². The normalized spacial score (nSPS) is 21.1. The Hall–Kier alpha value is -0.900. The Labute approximate surface area is 125 Å². The maximum Gasteiger partial charge on any atom is 0.186 e. The number of aromatic nitrogens is 1. The molecule has 0 spiro atoms. The molecule has 0 unspecified atom stereocenters. The fraction of sp³-hybridized carbons (Fsp3) is 0.750. The van der Waals surface area contributed by atoms with Crippen LogP contribution in [-0.4, -0.2) is 23.4 Å². The van der Waals surface area contributed by atoms with Crippen LogP contribution in [0.5, 0.6) is 0 Å². The van der Waals surface area contributed by atoms with Crippen LogP contribution in [0.15, 0.2) is 0 Å². The summed E-state index contributed by atoms with van der Waals surface area (Å²) in [5.74, 6) is 1.13. The van der Waals surface area contributed by atoms with Gasteiger partial charge in [-0.1, -0.05) is 25.2 Å². The van der Waals surface area contributed by atoms with Gasteiger partial charge >= 0.3 is 0 Å². The van der Waals surface area contributed by atoms with Gasteiger partial charge in [-0.25, -0.2) is 4.98 Å². The van der Waals surface area contributed by atoms with Gasteiger partial charge in [-0.3, -0.25) is 4.79 Å². The third kappa shape index (κ3) is 2.76. The van der Waals surface area contributed by atoms with Crippen molar-refractivity contribution in [3.05, 3.63) is 10.6 Å². The van der Waals surface area contributed by atoms with E-state index in [-0.39, 0.29) is 11.2 Å². The highest BCUT2D eigenvalue weighted by Gasteiger charge is 2.35. The molecule has 1 saturated carbocycles. The topological polar surface area (TPSA) is 33.2 Å². The lowest BCUT2D eigenvalue weighted by Gasteiger charge is -2.27. The van der Waals surface area contributed by atoms with Gasteiger partial charge in [-0.15, -0.1) is 0 Å². The largest absolute Gasteiger partial charge is 0.345 e. The molecule has 0 N–H and O–H groups in total. The second-order valence-corrected chi connectivity index (χ2v) is 8.38. The molecule has 0 radical (unpaired) electrons. The summed E-state index contributed by atoms with van der Waals surface area (Å²) >= 11 is 1.62. The number of Topliss-reactive ketones (excluding diaryl/α,β-unsaturated/α-hetero) is 1. The lowest BCUT2D eigenvalue weighted by Crippen LogP contribution is -2.32. The fourth-order valence-electron chi connectivity index (χ4n) is 2.92. The Morgan fingerprint density at radius 3 is 2.65 bits per heavy atom. The van der Waals surface area contributed by atoms with Crippen LogP contribution >= 0.6 is 11.3 Å². The van der Waals surface area contributed by atoms with E-state index in [1.807, 2.05) is 0 Å². The van der Waals surface area contributed by atoms with Crippen LogP contribution in [-0.2, 0) is 6.42 Å². The Balaban J connectivity index is 1.89. The first kappa shape index (κ1) is 14.1. The number of carbonyl (C=O) groups is 1. The van der Waals surface area contributed by atoms with E-state index >= 15 is 0 Å². The van der Waals surface area contributed by atoms with Crippen molar-refractivity contribution in [2.45, 2.75) is 59.4 Å². The lowest BCUT2D eigenvalue weighted by atomic mass is 9.78. The van der Waals surface area contributed by atoms with Gasteiger partial charge in [0.2, 0.25) is 0 Å². The summed E-state index contributed by atoms with van der Waals surface area (Å²) < 4.78 is 0. The van der Waals surface area contributed by atoms with E-state index in [4.69, 9.17) is 4.98 Å². The molecule has 110 valence electrons. The number of carbonyl (C=O) groups excluding carboxylic acids is 1. The Bertz CT molecular complexity index is 529. The first-order valence-corrected chi connectivity index (χ1v) is 8.47. The smallest absolute Gasteiger partial charge is 0.186 e. The summed E-state index contributed by atoms with van der Waals surface area (Å²) in [6, 6.07) is 0.450. The minimum atomic E-state index is 0.0641. The number of hydrogen-bond donors (Lipinski definition) is 0. The second kappa shape index (κ2) is 4.83. The molecule has 1 aromatic heterocycles. The number of nitrogens with zero attached hydrogens (tertiary/aromatic N) is 2. The highest BCUT2D eigenvalue weighted by atomic mass is 32.1. The predicted octanol–water partition coefficient (Wildman–Crippen LogP) is 3.92. The van der Waals surface area contributed by atoms with Crippen molar-refractivity contribution in [1.82, 2.24) is 4.98 Å². The summed E-state index contributed by atoms with van der Waals surface area (Å²) in [6.07, 6.45) is 4.28. The van der Waals surface area contributed by atoms with Crippen LogP contribution in [0, 0.1) is 11.3 Å². The molecule has 0 aromatic carbocycles. The summed E-state index contributed by atoms with van der Waals surface area (Å²) in [4.78, 5) is 20.4. The molecule has 1 heterocycles. The average Bonchev–Trinajstić information content (AvgIpc) is 3.04. The molecule has 1 aromatic rings. The van der Waals surface area contributed by atoms with Crippen molar-refractivity contribution >= 4 is 22.3 Å². The number of ketones is 1. The number of anilines is 1. The Morgan fingerprint density at radius 1 is 1.35 bits per heavy atom. The van der Waals surface area contributed by atoms with E-state index in [2.05, 4.69) is 32.6 Å². The van der Waals surface area contributed by atoms with Crippen LogP contribution < -0.4 is 4.90 Å². The third-order valence-electron chi connectivity index (χ3n) is 4.25. The maximum absolute atomic E-state index is 12.3. The summed E-state index contributed by atoms with van der Waals surface area (Å²) in [5, 5.41) is 1.06. The van der Waals surface area contributed by atoms with Gasteiger partial charge in [0.05, 0.1) is 10.6 Å². The molecule has 0 atom stereocenters. The standard InChI is InChI=1S/C16H24N2OS/c1-10(2)18(9-11-5-6-11)15-17-12-7-16(3,4)8-13(19)14(12)20-15/h10-11H,5-9H2,1-4H3. The second-order valence-electron chi connectivity index (χ2n) is 7.40. The van der Waals surface area contributed by atoms with Crippen molar-refractivity contribution in [2.75, 3.05) is 11.4 Å². The SMILES string of the molecule is CC(C)N(CC1CC1)c1nc2c(s1)C(=O)CC(C)(C)C2. The molecule has 4 heteroatoms. The van der Waals surface area contributed by atoms with Crippen molar-refractivity contribution in [3.63, 3.8) is 0 Å². The highest BCUT2D eigenvalue weighted by molar-refractivity contribution is 7.17. The monoisotopic (exact) mass is 292 g/mol. The molecular formula is C16H24N2OS. The number of hydrogen-bond acceptors (Lipinski definition) is 4. The van der Waals surface area contributed by atoms with E-state index in [0.29, 0.717) is 12.5 Å². The molecular weight excluding hydrogens is 268 g/mol. The molecule has 2 aliphatic rings. The van der Waals surface area contributed by atoms with Gasteiger partial charge in [0.15, 0.2) is 10.9 Å². The zero-order valence-corrected chi connectivity index (χ0v) is 13.7. The van der Waals surface area contributed by atoms with Gasteiger partial charge in [0.1, 0.15) is 0 Å². The molecule has 3 nitrogen and oxygen atoms in total. The van der Waals surface area contributed by atoms with Gasteiger partial charge in [0.25, 0.3) is 0 Å². The van der Waals surface area contributed by atoms with Crippen molar-refractivity contribution in [1.29, 1.82) is 0 Å². The van der Waals surface area contributed by atoms with Gasteiger partial charge < -0.3 is 4.90 Å². The van der Waals surface area contributed by atoms with Crippen LogP contribution in [0.1, 0.15) is 62.3 Å². The van der Waals surface area contributed by atoms with Gasteiger partial charge in [-0.2, -0.15) is 0 Å². The van der Waals surface area contributed by atoms with E-state index in [1.54, 1.807) is 11.3 Å². The van der Waals surface area contributed by atoms with E-state index in [9.17, 15) is 4.79 Å². The number of thiazole rings is 1. The zero-order valence-electron chi connectivity index (χ0n) is 12.9. The van der Waals surface area contributed by atoms with E-state index < -0.39 is 0 Å². The molecule has 1 fully saturated rings. The van der Waals surface area contributed by atoms with Gasteiger partial charge in [0, 0.05) is 19.0 Å². The van der Waals surface area contributed by atoms with Crippen LogP contribution in [0.25, 0.3) is 0 Å². The molecule has 0 amide bonds. The molecule has 3 rings (SSSR count). The molecule has 0 aliphatic heterocycles. The minimum absolute atomic E-state index is 0.0641. The lowest BCUT2D eigenvalue weighted by molar-refractivity contribution is 0.0916. The van der Waals surface area contributed by atoms with Crippen molar-refractivity contribution in [3.8, 4) is 0 Å². The summed E-state index contributed by atoms with van der Waals surface area (Å²) in [7, 11) is 0. The fourth-order valence-corrected chi connectivity index (χ4v) is 4.08. The number of rotatable bonds is 4. The van der Waals surface area contributed by atoms with Crippen LogP contribution in [0.4, 0.5) is 5.13 Å². The zero-order chi connectivity index (χ0) is 14.5. The number of fused-ring (bicyclic) bond motifs is 1. The van der Waals surface area contributed by atoms with Crippen LogP contribution in [0.3, 0.4) is 0 Å². The van der Waals surface area contributed by atoms with E-state index in [1.165, 1.54) is 12.8 Å². The average molecular weight is 292 g/mol. The Kier molecular flexibility index (Phi) is 3.39. The predicted molar refractivity (Wildman–Crippen MR) is 83.8 cm³/mol. The molecule has 0 saturated heterocycles. The third-order valence-corrected chi connectivity index (χ3v) is 5.42.